The van der Waals surface area contributed by atoms with E-state index in [4.69, 9.17) is 4.74 Å². The fourth-order valence-electron chi connectivity index (χ4n) is 2.84. The Morgan fingerprint density at radius 3 is 2.83 bits per heavy atom. The van der Waals surface area contributed by atoms with Gasteiger partial charge in [0, 0.05) is 29.9 Å². The fraction of sp³-hybridized carbons (Fsp3) is 0.286. The summed E-state index contributed by atoms with van der Waals surface area (Å²) in [7, 11) is 3.22. The van der Waals surface area contributed by atoms with Gasteiger partial charge in [-0.15, -0.1) is 0 Å². The molecule has 0 amide bonds. The minimum absolute atomic E-state index is 0.0131. The van der Waals surface area contributed by atoms with Gasteiger partial charge in [0.1, 0.15) is 0 Å². The third kappa shape index (κ3) is 1.26. The van der Waals surface area contributed by atoms with Crippen molar-refractivity contribution in [3.63, 3.8) is 0 Å². The van der Waals surface area contributed by atoms with E-state index in [0.29, 0.717) is 5.69 Å². The summed E-state index contributed by atoms with van der Waals surface area (Å²) in [4.78, 5) is 23.8. The van der Waals surface area contributed by atoms with Crippen LogP contribution in [0.4, 0.5) is 0 Å². The van der Waals surface area contributed by atoms with E-state index in [1.165, 1.54) is 7.11 Å². The molecule has 0 unspecified atom stereocenters. The summed E-state index contributed by atoms with van der Waals surface area (Å²) >= 11 is 0. The van der Waals surface area contributed by atoms with Crippen molar-refractivity contribution in [2.75, 3.05) is 7.11 Å². The zero-order valence-electron chi connectivity index (χ0n) is 10.3. The van der Waals surface area contributed by atoms with Gasteiger partial charge >= 0.3 is 5.97 Å². The van der Waals surface area contributed by atoms with Crippen molar-refractivity contribution in [2.24, 2.45) is 7.05 Å². The lowest BCUT2D eigenvalue weighted by atomic mass is 10.0. The van der Waals surface area contributed by atoms with Crippen molar-refractivity contribution in [2.45, 2.75) is 12.3 Å². The number of hydrogen-bond acceptors (Lipinski definition) is 3. The van der Waals surface area contributed by atoms with Crippen LogP contribution >= 0.6 is 0 Å². The number of carbonyl (C=O) groups is 2. The first-order chi connectivity index (χ1) is 8.65. The minimum Gasteiger partial charge on any atom is -0.469 e. The number of methoxy groups -OCH3 is 1. The first-order valence-electron chi connectivity index (χ1n) is 5.83. The highest BCUT2D eigenvalue weighted by Gasteiger charge is 2.39. The van der Waals surface area contributed by atoms with E-state index in [1.54, 1.807) is 0 Å². The van der Waals surface area contributed by atoms with Gasteiger partial charge in [-0.3, -0.25) is 9.59 Å². The number of esters is 1. The molecule has 0 fully saturated rings. The molecule has 1 atom stereocenters. The van der Waals surface area contributed by atoms with Crippen LogP contribution < -0.4 is 0 Å². The predicted octanol–water partition coefficient (Wildman–Crippen LogP) is 2.02. The maximum Gasteiger partial charge on any atom is 0.313 e. The molecule has 0 bridgehead atoms. The van der Waals surface area contributed by atoms with E-state index < -0.39 is 5.92 Å². The van der Waals surface area contributed by atoms with E-state index in [-0.39, 0.29) is 18.2 Å². The zero-order valence-corrected chi connectivity index (χ0v) is 10.3. The second kappa shape index (κ2) is 3.70. The molecule has 18 heavy (non-hydrogen) atoms. The summed E-state index contributed by atoms with van der Waals surface area (Å²) in [5.41, 5.74) is 2.45. The average molecular weight is 243 g/mol. The molecule has 0 saturated carbocycles. The summed E-state index contributed by atoms with van der Waals surface area (Å²) in [5.74, 6) is -0.777. The molecule has 1 aromatic heterocycles. The van der Waals surface area contributed by atoms with Crippen molar-refractivity contribution in [1.29, 1.82) is 0 Å². The number of rotatable bonds is 1. The number of nitrogens with zero attached hydrogens (tertiary/aromatic N) is 1. The Hall–Kier alpha value is -2.10. The second-order valence-electron chi connectivity index (χ2n) is 4.54. The molecular weight excluding hydrogens is 230 g/mol. The number of para-hydroxylation sites is 1. The molecule has 4 nitrogen and oxygen atoms in total. The molecule has 0 N–H and O–H groups in total. The first kappa shape index (κ1) is 11.0. The lowest BCUT2D eigenvalue weighted by molar-refractivity contribution is -0.142. The van der Waals surface area contributed by atoms with E-state index in [9.17, 15) is 9.59 Å². The summed E-state index contributed by atoms with van der Waals surface area (Å²) in [5, 5.41) is 0.969. The third-order valence-electron chi connectivity index (χ3n) is 3.63. The molecule has 1 heterocycles. The molecule has 4 heteroatoms. The second-order valence-corrected chi connectivity index (χ2v) is 4.54. The Morgan fingerprint density at radius 2 is 2.11 bits per heavy atom. The zero-order chi connectivity index (χ0) is 12.9. The number of ketones is 1. The third-order valence-corrected chi connectivity index (χ3v) is 3.63. The molecule has 0 radical (unpaired) electrons. The van der Waals surface area contributed by atoms with Crippen molar-refractivity contribution in [1.82, 2.24) is 4.57 Å². The monoisotopic (exact) mass is 243 g/mol. The molecule has 2 aromatic rings. The highest BCUT2D eigenvalue weighted by molar-refractivity contribution is 6.11. The molecule has 1 aromatic carbocycles. The number of aromatic nitrogens is 1. The minimum atomic E-state index is -0.455. The van der Waals surface area contributed by atoms with Crippen LogP contribution in [0.2, 0.25) is 0 Å². The van der Waals surface area contributed by atoms with E-state index in [2.05, 4.69) is 0 Å². The molecule has 92 valence electrons. The Kier molecular flexibility index (Phi) is 2.26. The smallest absolute Gasteiger partial charge is 0.313 e. The normalized spacial score (nSPS) is 18.1. The highest BCUT2D eigenvalue weighted by Crippen LogP contribution is 2.40. The predicted molar refractivity (Wildman–Crippen MR) is 66.6 cm³/mol. The van der Waals surface area contributed by atoms with Crippen molar-refractivity contribution >= 4 is 22.7 Å². The maximum atomic E-state index is 12.1. The van der Waals surface area contributed by atoms with Crippen LogP contribution in [0.5, 0.6) is 0 Å². The summed E-state index contributed by atoms with van der Waals surface area (Å²) in [6.45, 7) is 0. The molecule has 1 aliphatic carbocycles. The number of Topliss-reactive ketones (excluding diaryl/α,β-unsaturated/α-hetero) is 1. The SMILES string of the molecule is COC(=O)[C@H]1CC(=O)c2c1c1ccccc1n2C. The Bertz CT molecular complexity index is 669. The van der Waals surface area contributed by atoms with Crippen LogP contribution in [0, 0.1) is 0 Å². The van der Waals surface area contributed by atoms with Gasteiger partial charge in [-0.1, -0.05) is 18.2 Å². The summed E-state index contributed by atoms with van der Waals surface area (Å²) < 4.78 is 6.67. The van der Waals surface area contributed by atoms with E-state index in [0.717, 1.165) is 16.5 Å². The van der Waals surface area contributed by atoms with E-state index in [1.807, 2.05) is 35.9 Å². The maximum absolute atomic E-state index is 12.1. The van der Waals surface area contributed by atoms with Gasteiger partial charge in [0.2, 0.25) is 0 Å². The Balaban J connectivity index is 2.33. The molecule has 3 rings (SSSR count). The number of carbonyl (C=O) groups excluding carboxylic acids is 2. The number of hydrogen-bond donors (Lipinski definition) is 0. The molecule has 0 saturated heterocycles. The molecular formula is C14H13NO3. The number of benzene rings is 1. The van der Waals surface area contributed by atoms with Gasteiger partial charge in [0.15, 0.2) is 5.78 Å². The van der Waals surface area contributed by atoms with Gasteiger partial charge in [-0.25, -0.2) is 0 Å². The highest BCUT2D eigenvalue weighted by atomic mass is 16.5. The topological polar surface area (TPSA) is 48.3 Å². The van der Waals surface area contributed by atoms with E-state index >= 15 is 0 Å². The lowest BCUT2D eigenvalue weighted by Gasteiger charge is -2.06. The first-order valence-corrected chi connectivity index (χ1v) is 5.83. The summed E-state index contributed by atoms with van der Waals surface area (Å²) in [6.07, 6.45) is 0.218. The van der Waals surface area contributed by atoms with Gasteiger partial charge in [0.25, 0.3) is 0 Å². The average Bonchev–Trinajstić information content (AvgIpc) is 2.88. The standard InChI is InChI=1S/C14H13NO3/c1-15-10-6-4-3-5-8(10)12-9(14(17)18-2)7-11(16)13(12)15/h3-6,9H,7H2,1-2H3/t9-/m0/s1. The van der Waals surface area contributed by atoms with Gasteiger partial charge in [0.05, 0.1) is 18.7 Å². The van der Waals surface area contributed by atoms with Crippen molar-refractivity contribution in [3.05, 3.63) is 35.5 Å². The van der Waals surface area contributed by atoms with Crippen LogP contribution in [0.3, 0.4) is 0 Å². The van der Waals surface area contributed by atoms with Gasteiger partial charge in [-0.2, -0.15) is 0 Å². The van der Waals surface area contributed by atoms with Crippen LogP contribution in [-0.2, 0) is 16.6 Å². The van der Waals surface area contributed by atoms with Crippen molar-refractivity contribution in [3.8, 4) is 0 Å². The quantitative estimate of drug-likeness (QED) is 0.720. The summed E-state index contributed by atoms with van der Waals surface area (Å²) in [6, 6.07) is 7.74. The van der Waals surface area contributed by atoms with Crippen molar-refractivity contribution < 1.29 is 14.3 Å². The number of aryl methyl sites for hydroxylation is 1. The number of ether oxygens (including phenoxy) is 1. The number of fused-ring (bicyclic) bond motifs is 3. The largest absolute Gasteiger partial charge is 0.469 e. The Labute approximate surface area is 104 Å². The van der Waals surface area contributed by atoms with Crippen LogP contribution in [0.15, 0.2) is 24.3 Å². The Morgan fingerprint density at radius 1 is 1.39 bits per heavy atom. The van der Waals surface area contributed by atoms with Crippen LogP contribution in [0.1, 0.15) is 28.4 Å². The fourth-order valence-corrected chi connectivity index (χ4v) is 2.84. The molecule has 1 aliphatic rings. The van der Waals surface area contributed by atoms with Gasteiger partial charge in [-0.05, 0) is 6.07 Å². The van der Waals surface area contributed by atoms with Gasteiger partial charge < -0.3 is 9.30 Å². The molecule has 0 spiro atoms. The molecule has 0 aliphatic heterocycles. The van der Waals surface area contributed by atoms with Crippen LogP contribution in [-0.4, -0.2) is 23.4 Å². The van der Waals surface area contributed by atoms with Crippen LogP contribution in [0.25, 0.3) is 10.9 Å². The lowest BCUT2D eigenvalue weighted by Crippen LogP contribution is -2.11.